The molecule has 0 radical (unpaired) electrons. The van der Waals surface area contributed by atoms with Crippen LogP contribution < -0.4 is 5.32 Å². The number of nitrogens with zero attached hydrogens (tertiary/aromatic N) is 1. The Labute approximate surface area is 115 Å². The predicted octanol–water partition coefficient (Wildman–Crippen LogP) is 2.34. The van der Waals surface area contributed by atoms with E-state index in [-0.39, 0.29) is 11.9 Å². The highest BCUT2D eigenvalue weighted by atomic mass is 16.1. The van der Waals surface area contributed by atoms with E-state index in [4.69, 9.17) is 0 Å². The lowest BCUT2D eigenvalue weighted by Crippen LogP contribution is -2.28. The third kappa shape index (κ3) is 4.52. The molecule has 1 aromatic carbocycles. The Hall–Kier alpha value is -1.61. The van der Waals surface area contributed by atoms with Gasteiger partial charge in [-0.15, -0.1) is 0 Å². The van der Waals surface area contributed by atoms with Gasteiger partial charge in [0.2, 0.25) is 5.91 Å². The fourth-order valence-corrected chi connectivity index (χ4v) is 2.35. The third-order valence-corrected chi connectivity index (χ3v) is 3.19. The molecule has 0 bridgehead atoms. The van der Waals surface area contributed by atoms with Crippen molar-refractivity contribution in [2.24, 2.45) is 0 Å². The maximum Gasteiger partial charge on any atom is 0.244 e. The SMILES string of the molecule is CC(C)NC(=O)/C=C1/CCN(Cc2ccccc2)C1. The highest BCUT2D eigenvalue weighted by Gasteiger charge is 2.17. The fourth-order valence-electron chi connectivity index (χ4n) is 2.35. The first kappa shape index (κ1) is 13.8. The van der Waals surface area contributed by atoms with E-state index in [1.807, 2.05) is 19.9 Å². The quantitative estimate of drug-likeness (QED) is 0.841. The van der Waals surface area contributed by atoms with E-state index in [1.54, 1.807) is 6.08 Å². The van der Waals surface area contributed by atoms with Crippen LogP contribution in [-0.4, -0.2) is 29.9 Å². The van der Waals surface area contributed by atoms with Gasteiger partial charge >= 0.3 is 0 Å². The highest BCUT2D eigenvalue weighted by Crippen LogP contribution is 2.17. The zero-order valence-electron chi connectivity index (χ0n) is 11.7. The molecule has 1 aliphatic heterocycles. The summed E-state index contributed by atoms with van der Waals surface area (Å²) in [7, 11) is 0. The minimum atomic E-state index is 0.0339. The van der Waals surface area contributed by atoms with Crippen molar-refractivity contribution in [3.8, 4) is 0 Å². The van der Waals surface area contributed by atoms with Crippen LogP contribution in [0.25, 0.3) is 0 Å². The van der Waals surface area contributed by atoms with Crippen molar-refractivity contribution in [3.63, 3.8) is 0 Å². The van der Waals surface area contributed by atoms with Crippen LogP contribution in [0.5, 0.6) is 0 Å². The maximum absolute atomic E-state index is 11.7. The predicted molar refractivity (Wildman–Crippen MR) is 77.7 cm³/mol. The van der Waals surface area contributed by atoms with Gasteiger partial charge in [-0.25, -0.2) is 0 Å². The first-order chi connectivity index (χ1) is 9.13. The second-order valence-electron chi connectivity index (χ2n) is 5.41. The van der Waals surface area contributed by atoms with Crippen LogP contribution >= 0.6 is 0 Å². The van der Waals surface area contributed by atoms with E-state index in [1.165, 1.54) is 11.1 Å². The Morgan fingerprint density at radius 3 is 2.79 bits per heavy atom. The van der Waals surface area contributed by atoms with E-state index in [0.29, 0.717) is 0 Å². The average molecular weight is 258 g/mol. The second-order valence-corrected chi connectivity index (χ2v) is 5.41. The molecule has 2 rings (SSSR count). The van der Waals surface area contributed by atoms with Crippen molar-refractivity contribution in [2.45, 2.75) is 32.9 Å². The van der Waals surface area contributed by atoms with Crippen LogP contribution in [-0.2, 0) is 11.3 Å². The first-order valence-corrected chi connectivity index (χ1v) is 6.89. The highest BCUT2D eigenvalue weighted by molar-refractivity contribution is 5.88. The molecule has 1 aliphatic rings. The Balaban J connectivity index is 1.86. The summed E-state index contributed by atoms with van der Waals surface area (Å²) in [5, 5.41) is 2.90. The molecule has 0 spiro atoms. The zero-order chi connectivity index (χ0) is 13.7. The minimum absolute atomic E-state index is 0.0339. The molecular formula is C16H22N2O. The van der Waals surface area contributed by atoms with Gasteiger partial charge in [0, 0.05) is 31.8 Å². The monoisotopic (exact) mass is 258 g/mol. The molecule has 1 aromatic rings. The van der Waals surface area contributed by atoms with E-state index >= 15 is 0 Å². The summed E-state index contributed by atoms with van der Waals surface area (Å²) in [6.45, 7) is 6.86. The fraction of sp³-hybridized carbons (Fsp3) is 0.438. The van der Waals surface area contributed by atoms with Gasteiger partial charge in [-0.05, 0) is 31.4 Å². The summed E-state index contributed by atoms with van der Waals surface area (Å²) in [6, 6.07) is 10.7. The Morgan fingerprint density at radius 1 is 1.37 bits per heavy atom. The van der Waals surface area contributed by atoms with Gasteiger partial charge < -0.3 is 5.32 Å². The summed E-state index contributed by atoms with van der Waals surface area (Å²) in [4.78, 5) is 14.0. The largest absolute Gasteiger partial charge is 0.350 e. The standard InChI is InChI=1S/C16H22N2O/c1-13(2)17-16(19)10-15-8-9-18(12-15)11-14-6-4-3-5-7-14/h3-7,10,13H,8-9,11-12H2,1-2H3,(H,17,19)/b15-10-. The van der Waals surface area contributed by atoms with Gasteiger partial charge in [0.15, 0.2) is 0 Å². The number of nitrogens with one attached hydrogen (secondary N) is 1. The molecule has 102 valence electrons. The van der Waals surface area contributed by atoms with Gasteiger partial charge in [0.1, 0.15) is 0 Å². The van der Waals surface area contributed by atoms with Gasteiger partial charge in [-0.1, -0.05) is 30.3 Å². The number of amides is 1. The van der Waals surface area contributed by atoms with Crippen molar-refractivity contribution < 1.29 is 4.79 Å². The minimum Gasteiger partial charge on any atom is -0.350 e. The van der Waals surface area contributed by atoms with E-state index in [2.05, 4.69) is 34.5 Å². The summed E-state index contributed by atoms with van der Waals surface area (Å²) in [6.07, 6.45) is 2.77. The lowest BCUT2D eigenvalue weighted by molar-refractivity contribution is -0.117. The smallest absolute Gasteiger partial charge is 0.244 e. The average Bonchev–Trinajstić information content (AvgIpc) is 2.76. The van der Waals surface area contributed by atoms with E-state index in [0.717, 1.165) is 26.1 Å². The summed E-state index contributed by atoms with van der Waals surface area (Å²) in [5.74, 6) is 0.0339. The number of benzene rings is 1. The van der Waals surface area contributed by atoms with Crippen LogP contribution in [0.15, 0.2) is 42.0 Å². The van der Waals surface area contributed by atoms with Gasteiger partial charge in [0.25, 0.3) is 0 Å². The normalized spacial score (nSPS) is 18.2. The van der Waals surface area contributed by atoms with Gasteiger partial charge in [0.05, 0.1) is 0 Å². The Morgan fingerprint density at radius 2 is 2.11 bits per heavy atom. The molecule has 1 N–H and O–H groups in total. The number of carbonyl (C=O) groups is 1. The lowest BCUT2D eigenvalue weighted by Gasteiger charge is -2.14. The molecule has 1 amide bonds. The van der Waals surface area contributed by atoms with Crippen molar-refractivity contribution >= 4 is 5.91 Å². The summed E-state index contributed by atoms with van der Waals surface area (Å²) < 4.78 is 0. The van der Waals surface area contributed by atoms with Gasteiger partial charge in [-0.3, -0.25) is 9.69 Å². The molecule has 1 heterocycles. The van der Waals surface area contributed by atoms with Crippen molar-refractivity contribution in [2.75, 3.05) is 13.1 Å². The summed E-state index contributed by atoms with van der Waals surface area (Å²) in [5.41, 5.74) is 2.56. The maximum atomic E-state index is 11.7. The van der Waals surface area contributed by atoms with Crippen molar-refractivity contribution in [1.82, 2.24) is 10.2 Å². The van der Waals surface area contributed by atoms with Gasteiger partial charge in [-0.2, -0.15) is 0 Å². The van der Waals surface area contributed by atoms with E-state index in [9.17, 15) is 4.79 Å². The van der Waals surface area contributed by atoms with Crippen LogP contribution in [0.1, 0.15) is 25.8 Å². The zero-order valence-corrected chi connectivity index (χ0v) is 11.7. The van der Waals surface area contributed by atoms with Crippen molar-refractivity contribution in [3.05, 3.63) is 47.5 Å². The molecule has 0 atom stereocenters. The summed E-state index contributed by atoms with van der Waals surface area (Å²) >= 11 is 0. The number of hydrogen-bond donors (Lipinski definition) is 1. The molecule has 3 nitrogen and oxygen atoms in total. The number of carbonyl (C=O) groups excluding carboxylic acids is 1. The first-order valence-electron chi connectivity index (χ1n) is 6.89. The topological polar surface area (TPSA) is 32.3 Å². The number of rotatable bonds is 4. The van der Waals surface area contributed by atoms with Crippen molar-refractivity contribution in [1.29, 1.82) is 0 Å². The molecule has 0 unspecified atom stereocenters. The number of hydrogen-bond acceptors (Lipinski definition) is 2. The molecule has 0 aromatic heterocycles. The molecule has 1 saturated heterocycles. The lowest BCUT2D eigenvalue weighted by atomic mass is 10.2. The molecule has 0 aliphatic carbocycles. The van der Waals surface area contributed by atoms with Crippen LogP contribution in [0, 0.1) is 0 Å². The molecule has 19 heavy (non-hydrogen) atoms. The Kier molecular flexibility index (Phi) is 4.74. The Bertz CT molecular complexity index is 451. The second kappa shape index (κ2) is 6.53. The molecule has 1 fully saturated rings. The molecule has 3 heteroatoms. The molecule has 0 saturated carbocycles. The van der Waals surface area contributed by atoms with Crippen LogP contribution in [0.3, 0.4) is 0 Å². The van der Waals surface area contributed by atoms with E-state index < -0.39 is 0 Å². The number of likely N-dealkylation sites (tertiary alicyclic amines) is 1. The third-order valence-electron chi connectivity index (χ3n) is 3.19. The van der Waals surface area contributed by atoms with Crippen LogP contribution in [0.2, 0.25) is 0 Å². The van der Waals surface area contributed by atoms with Crippen LogP contribution in [0.4, 0.5) is 0 Å². The molecular weight excluding hydrogens is 236 g/mol.